The monoisotopic (exact) mass is 237 g/mol. The van der Waals surface area contributed by atoms with Gasteiger partial charge < -0.3 is 15.2 Å². The molecule has 0 amide bonds. The fraction of sp³-hybridized carbons (Fsp3) is 0.545. The van der Waals surface area contributed by atoms with Crippen LogP contribution in [0.15, 0.2) is 12.4 Å². The lowest BCUT2D eigenvalue weighted by atomic mass is 10.0. The van der Waals surface area contributed by atoms with Crippen LogP contribution in [0.4, 0.5) is 5.82 Å². The normalized spacial score (nSPS) is 23.6. The number of carboxylic acids is 1. The average Bonchev–Trinajstić information content (AvgIpc) is 2.73. The number of rotatable bonds is 4. The molecule has 1 aromatic heterocycles. The van der Waals surface area contributed by atoms with Crippen molar-refractivity contribution in [2.75, 3.05) is 18.5 Å². The van der Waals surface area contributed by atoms with E-state index in [4.69, 9.17) is 9.84 Å². The Labute approximate surface area is 99.0 Å². The van der Waals surface area contributed by atoms with Crippen molar-refractivity contribution in [1.29, 1.82) is 0 Å². The third kappa shape index (κ3) is 2.91. The van der Waals surface area contributed by atoms with E-state index in [1.165, 1.54) is 12.4 Å². The van der Waals surface area contributed by atoms with Crippen LogP contribution < -0.4 is 5.32 Å². The molecule has 1 aliphatic rings. The first-order valence-electron chi connectivity index (χ1n) is 5.57. The third-order valence-electron chi connectivity index (χ3n) is 2.95. The van der Waals surface area contributed by atoms with E-state index in [1.807, 2.05) is 0 Å². The molecule has 2 atom stereocenters. The van der Waals surface area contributed by atoms with E-state index >= 15 is 0 Å². The fourth-order valence-corrected chi connectivity index (χ4v) is 1.81. The van der Waals surface area contributed by atoms with Gasteiger partial charge in [0, 0.05) is 19.1 Å². The molecule has 1 fully saturated rings. The summed E-state index contributed by atoms with van der Waals surface area (Å²) in [6.07, 6.45) is 3.98. The molecular formula is C11H15N3O3. The van der Waals surface area contributed by atoms with Crippen LogP contribution in [0, 0.1) is 5.92 Å². The summed E-state index contributed by atoms with van der Waals surface area (Å²) in [4.78, 5) is 18.4. The van der Waals surface area contributed by atoms with Crippen LogP contribution in [-0.4, -0.2) is 40.3 Å². The molecule has 0 aromatic carbocycles. The summed E-state index contributed by atoms with van der Waals surface area (Å²) in [5.74, 6) is -0.00749. The molecule has 1 aliphatic heterocycles. The summed E-state index contributed by atoms with van der Waals surface area (Å²) < 4.78 is 5.45. The van der Waals surface area contributed by atoms with Crippen LogP contribution in [0.1, 0.15) is 23.8 Å². The van der Waals surface area contributed by atoms with Crippen LogP contribution in [0.2, 0.25) is 0 Å². The maximum atomic E-state index is 10.6. The molecule has 2 N–H and O–H groups in total. The van der Waals surface area contributed by atoms with E-state index in [0.29, 0.717) is 11.7 Å². The molecule has 0 saturated carbocycles. The topological polar surface area (TPSA) is 84.3 Å². The van der Waals surface area contributed by atoms with E-state index in [0.717, 1.165) is 19.6 Å². The summed E-state index contributed by atoms with van der Waals surface area (Å²) >= 11 is 0. The maximum absolute atomic E-state index is 10.6. The first kappa shape index (κ1) is 11.8. The van der Waals surface area contributed by atoms with Gasteiger partial charge in [-0.2, -0.15) is 0 Å². The van der Waals surface area contributed by atoms with E-state index in [9.17, 15) is 4.79 Å². The zero-order chi connectivity index (χ0) is 12.3. The molecule has 1 saturated heterocycles. The number of carboxylic acid groups (broad SMARTS) is 1. The van der Waals surface area contributed by atoms with E-state index in [1.54, 1.807) is 0 Å². The number of aromatic carboxylic acids is 1. The zero-order valence-corrected chi connectivity index (χ0v) is 9.59. The Bertz CT molecular complexity index is 393. The predicted octanol–water partition coefficient (Wildman–Crippen LogP) is 1.01. The highest BCUT2D eigenvalue weighted by Gasteiger charge is 2.23. The summed E-state index contributed by atoms with van der Waals surface area (Å²) in [5.41, 5.74) is -0.0480. The summed E-state index contributed by atoms with van der Waals surface area (Å²) in [6, 6.07) is 0. The Kier molecular flexibility index (Phi) is 3.53. The van der Waals surface area contributed by atoms with E-state index < -0.39 is 5.97 Å². The highest BCUT2D eigenvalue weighted by atomic mass is 16.5. The van der Waals surface area contributed by atoms with Crippen molar-refractivity contribution in [3.05, 3.63) is 18.1 Å². The molecule has 2 unspecified atom stereocenters. The van der Waals surface area contributed by atoms with Gasteiger partial charge in [0.1, 0.15) is 5.82 Å². The molecule has 17 heavy (non-hydrogen) atoms. The maximum Gasteiger partial charge on any atom is 0.356 e. The molecule has 1 aromatic rings. The van der Waals surface area contributed by atoms with Crippen molar-refractivity contribution in [3.63, 3.8) is 0 Å². The highest BCUT2D eigenvalue weighted by molar-refractivity contribution is 5.84. The van der Waals surface area contributed by atoms with Gasteiger partial charge in [-0.15, -0.1) is 0 Å². The first-order valence-corrected chi connectivity index (χ1v) is 5.57. The second-order valence-electron chi connectivity index (χ2n) is 4.10. The molecule has 2 heterocycles. The minimum atomic E-state index is -1.07. The Balaban J connectivity index is 1.88. The number of hydrogen-bond donors (Lipinski definition) is 2. The van der Waals surface area contributed by atoms with Crippen LogP contribution >= 0.6 is 0 Å². The second-order valence-corrected chi connectivity index (χ2v) is 4.10. The average molecular weight is 237 g/mol. The predicted molar refractivity (Wildman–Crippen MR) is 61.0 cm³/mol. The third-order valence-corrected chi connectivity index (χ3v) is 2.95. The number of carbonyl (C=O) groups is 1. The lowest BCUT2D eigenvalue weighted by Gasteiger charge is -2.14. The second kappa shape index (κ2) is 5.09. The zero-order valence-electron chi connectivity index (χ0n) is 9.59. The lowest BCUT2D eigenvalue weighted by Crippen LogP contribution is -2.21. The van der Waals surface area contributed by atoms with Crippen molar-refractivity contribution >= 4 is 11.8 Å². The fourth-order valence-electron chi connectivity index (χ4n) is 1.81. The van der Waals surface area contributed by atoms with Gasteiger partial charge in [-0.1, -0.05) is 0 Å². The van der Waals surface area contributed by atoms with Crippen molar-refractivity contribution in [2.45, 2.75) is 19.4 Å². The van der Waals surface area contributed by atoms with E-state index in [-0.39, 0.29) is 11.8 Å². The lowest BCUT2D eigenvalue weighted by molar-refractivity contribution is 0.0690. The first-order chi connectivity index (χ1) is 8.16. The molecule has 0 spiro atoms. The van der Waals surface area contributed by atoms with Gasteiger partial charge in [-0.05, 0) is 13.3 Å². The number of aromatic nitrogens is 2. The smallest absolute Gasteiger partial charge is 0.356 e. The standard InChI is InChI=1S/C11H15N3O3/c1-7-8(2-3-17-7)4-13-10-6-12-9(5-14-10)11(15)16/h5-8H,2-4H2,1H3,(H,13,14)(H,15,16). The number of nitrogens with one attached hydrogen (secondary N) is 1. The quantitative estimate of drug-likeness (QED) is 0.813. The van der Waals surface area contributed by atoms with Gasteiger partial charge in [-0.25, -0.2) is 14.8 Å². The molecule has 0 radical (unpaired) electrons. The van der Waals surface area contributed by atoms with Gasteiger partial charge in [0.15, 0.2) is 5.69 Å². The molecule has 6 heteroatoms. The molecule has 0 bridgehead atoms. The van der Waals surface area contributed by atoms with E-state index in [2.05, 4.69) is 22.2 Å². The Hall–Kier alpha value is -1.69. The van der Waals surface area contributed by atoms with Gasteiger partial charge in [0.05, 0.1) is 18.5 Å². The van der Waals surface area contributed by atoms with Gasteiger partial charge in [0.2, 0.25) is 0 Å². The van der Waals surface area contributed by atoms with Gasteiger partial charge in [-0.3, -0.25) is 0 Å². The largest absolute Gasteiger partial charge is 0.476 e. The Morgan fingerprint density at radius 2 is 2.41 bits per heavy atom. The summed E-state index contributed by atoms with van der Waals surface area (Å²) in [6.45, 7) is 3.62. The minimum Gasteiger partial charge on any atom is -0.476 e. The molecule has 0 aliphatic carbocycles. The summed E-state index contributed by atoms with van der Waals surface area (Å²) in [5, 5.41) is 11.8. The number of nitrogens with zero attached hydrogens (tertiary/aromatic N) is 2. The van der Waals surface area contributed by atoms with Crippen LogP contribution in [0.25, 0.3) is 0 Å². The van der Waals surface area contributed by atoms with Gasteiger partial charge in [0.25, 0.3) is 0 Å². The van der Waals surface area contributed by atoms with Crippen LogP contribution in [0.3, 0.4) is 0 Å². The molecule has 6 nitrogen and oxygen atoms in total. The van der Waals surface area contributed by atoms with Crippen molar-refractivity contribution < 1.29 is 14.6 Å². The number of ether oxygens (including phenoxy) is 1. The highest BCUT2D eigenvalue weighted by Crippen LogP contribution is 2.20. The molecular weight excluding hydrogens is 222 g/mol. The van der Waals surface area contributed by atoms with Crippen molar-refractivity contribution in [1.82, 2.24) is 9.97 Å². The van der Waals surface area contributed by atoms with Crippen molar-refractivity contribution in [2.24, 2.45) is 5.92 Å². The number of anilines is 1. The molecule has 92 valence electrons. The van der Waals surface area contributed by atoms with Crippen LogP contribution in [-0.2, 0) is 4.74 Å². The molecule has 2 rings (SSSR count). The minimum absolute atomic E-state index is 0.0480. The van der Waals surface area contributed by atoms with Crippen LogP contribution in [0.5, 0.6) is 0 Å². The van der Waals surface area contributed by atoms with Gasteiger partial charge >= 0.3 is 5.97 Å². The van der Waals surface area contributed by atoms with Crippen molar-refractivity contribution in [3.8, 4) is 0 Å². The Morgan fingerprint density at radius 3 is 2.94 bits per heavy atom. The number of hydrogen-bond acceptors (Lipinski definition) is 5. The summed E-state index contributed by atoms with van der Waals surface area (Å²) in [7, 11) is 0. The Morgan fingerprint density at radius 1 is 1.59 bits per heavy atom. The SMILES string of the molecule is CC1OCCC1CNc1cnc(C(=O)O)cn1.